The molecule has 0 aliphatic heterocycles. The van der Waals surface area contributed by atoms with Gasteiger partial charge in [-0.05, 0) is 45.4 Å². The molecular weight excluding hydrogens is 327 g/mol. The lowest BCUT2D eigenvalue weighted by Crippen LogP contribution is -2.40. The third-order valence-corrected chi connectivity index (χ3v) is 4.50. The number of halogens is 4. The molecule has 0 spiro atoms. The largest absolute Gasteiger partial charge is 0.598 e. The van der Waals surface area contributed by atoms with Gasteiger partial charge in [-0.1, -0.05) is 17.7 Å². The Kier molecular flexibility index (Phi) is 5.83. The van der Waals surface area contributed by atoms with Gasteiger partial charge in [0.25, 0.3) is 0 Å². The van der Waals surface area contributed by atoms with E-state index < -0.39 is 28.2 Å². The standard InChI is InChI=1S/C13H17ClF3NO2S/c1-8(18-21(19)12(2,3)4)9-5-6-11(10(14)7-9)20-13(15,16)17/h5-8,18H,1-4H3/t8?,21-/m1/s1. The quantitative estimate of drug-likeness (QED) is 0.826. The Balaban J connectivity index is 2.84. The topological polar surface area (TPSA) is 44.3 Å². The fourth-order valence-corrected chi connectivity index (χ4v) is 2.44. The van der Waals surface area contributed by atoms with Crippen molar-refractivity contribution in [2.75, 3.05) is 0 Å². The first kappa shape index (κ1) is 18.4. The average Bonchev–Trinajstić information content (AvgIpc) is 2.28. The molecule has 21 heavy (non-hydrogen) atoms. The lowest BCUT2D eigenvalue weighted by molar-refractivity contribution is -0.274. The Labute approximate surface area is 130 Å². The van der Waals surface area contributed by atoms with Crippen LogP contribution in [-0.4, -0.2) is 15.7 Å². The summed E-state index contributed by atoms with van der Waals surface area (Å²) >= 11 is 4.48. The highest BCUT2D eigenvalue weighted by Gasteiger charge is 2.32. The predicted octanol–water partition coefficient (Wildman–Crippen LogP) is 4.35. The van der Waals surface area contributed by atoms with Crippen molar-refractivity contribution in [3.63, 3.8) is 0 Å². The number of hydrogen-bond donors (Lipinski definition) is 1. The van der Waals surface area contributed by atoms with Crippen LogP contribution in [0, 0.1) is 0 Å². The molecule has 0 radical (unpaired) electrons. The summed E-state index contributed by atoms with van der Waals surface area (Å²) in [5.41, 5.74) is 0.618. The van der Waals surface area contributed by atoms with E-state index in [1.165, 1.54) is 12.1 Å². The minimum absolute atomic E-state index is 0.153. The van der Waals surface area contributed by atoms with Crippen molar-refractivity contribution >= 4 is 23.0 Å². The summed E-state index contributed by atoms with van der Waals surface area (Å²) in [5.74, 6) is -0.461. The summed E-state index contributed by atoms with van der Waals surface area (Å²) in [4.78, 5) is 0. The molecule has 0 heterocycles. The fraction of sp³-hybridized carbons (Fsp3) is 0.538. The van der Waals surface area contributed by atoms with Crippen LogP contribution >= 0.6 is 11.6 Å². The predicted molar refractivity (Wildman–Crippen MR) is 77.6 cm³/mol. The Morgan fingerprint density at radius 3 is 2.29 bits per heavy atom. The number of hydrogen-bond acceptors (Lipinski definition) is 3. The van der Waals surface area contributed by atoms with Crippen molar-refractivity contribution in [2.24, 2.45) is 0 Å². The van der Waals surface area contributed by atoms with Gasteiger partial charge in [-0.2, -0.15) is 0 Å². The third-order valence-electron chi connectivity index (χ3n) is 2.52. The minimum Gasteiger partial charge on any atom is -0.598 e. The second-order valence-corrected chi connectivity index (χ2v) is 7.86. The number of nitrogens with one attached hydrogen (secondary N) is 1. The van der Waals surface area contributed by atoms with Crippen molar-refractivity contribution < 1.29 is 22.5 Å². The van der Waals surface area contributed by atoms with Crippen molar-refractivity contribution in [1.82, 2.24) is 4.72 Å². The molecular formula is C13H17ClF3NO2S. The van der Waals surface area contributed by atoms with Crippen LogP contribution in [0.5, 0.6) is 5.75 Å². The van der Waals surface area contributed by atoms with E-state index in [0.717, 1.165) is 6.07 Å². The van der Waals surface area contributed by atoms with E-state index in [9.17, 15) is 17.7 Å². The van der Waals surface area contributed by atoms with E-state index in [2.05, 4.69) is 9.46 Å². The number of ether oxygens (including phenoxy) is 1. The first-order valence-electron chi connectivity index (χ1n) is 6.13. The van der Waals surface area contributed by atoms with Crippen molar-refractivity contribution in [1.29, 1.82) is 0 Å². The van der Waals surface area contributed by atoms with Crippen molar-refractivity contribution in [2.45, 2.75) is 44.8 Å². The molecule has 1 N–H and O–H groups in total. The van der Waals surface area contributed by atoms with E-state index >= 15 is 0 Å². The highest BCUT2D eigenvalue weighted by Crippen LogP contribution is 2.32. The van der Waals surface area contributed by atoms with Gasteiger partial charge >= 0.3 is 6.36 Å². The maximum atomic E-state index is 12.2. The highest BCUT2D eigenvalue weighted by atomic mass is 35.5. The molecule has 120 valence electrons. The fourth-order valence-electron chi connectivity index (χ4n) is 1.40. The maximum Gasteiger partial charge on any atom is 0.573 e. The second kappa shape index (κ2) is 6.64. The van der Waals surface area contributed by atoms with Gasteiger partial charge in [0, 0.05) is 11.4 Å². The molecule has 0 fully saturated rings. The minimum atomic E-state index is -4.79. The van der Waals surface area contributed by atoms with E-state index in [1.54, 1.807) is 6.92 Å². The Morgan fingerprint density at radius 2 is 1.86 bits per heavy atom. The van der Waals surface area contributed by atoms with Crippen LogP contribution in [0.25, 0.3) is 0 Å². The van der Waals surface area contributed by atoms with E-state index in [0.29, 0.717) is 5.56 Å². The molecule has 0 saturated heterocycles. The van der Waals surface area contributed by atoms with Crippen LogP contribution < -0.4 is 9.46 Å². The average molecular weight is 344 g/mol. The summed E-state index contributed by atoms with van der Waals surface area (Å²) in [7, 11) is 0. The van der Waals surface area contributed by atoms with Gasteiger partial charge in [0.2, 0.25) is 0 Å². The van der Waals surface area contributed by atoms with Gasteiger partial charge in [-0.25, -0.2) is 0 Å². The lowest BCUT2D eigenvalue weighted by atomic mass is 10.1. The Hall–Kier alpha value is -0.630. The monoisotopic (exact) mass is 343 g/mol. The normalized spacial score (nSPS) is 15.7. The van der Waals surface area contributed by atoms with Crippen LogP contribution in [0.4, 0.5) is 13.2 Å². The highest BCUT2D eigenvalue weighted by molar-refractivity contribution is 7.90. The molecule has 0 aromatic heterocycles. The maximum absolute atomic E-state index is 12.2. The smallest absolute Gasteiger partial charge is 0.573 e. The van der Waals surface area contributed by atoms with Crippen LogP contribution in [0.15, 0.2) is 18.2 Å². The Bertz CT molecular complexity index is 491. The number of rotatable bonds is 4. The van der Waals surface area contributed by atoms with Crippen molar-refractivity contribution in [3.8, 4) is 5.75 Å². The van der Waals surface area contributed by atoms with Crippen LogP contribution in [0.1, 0.15) is 39.3 Å². The van der Waals surface area contributed by atoms with Gasteiger partial charge in [-0.15, -0.1) is 17.9 Å². The van der Waals surface area contributed by atoms with Gasteiger partial charge < -0.3 is 9.29 Å². The summed E-state index contributed by atoms with van der Waals surface area (Å²) in [6, 6.07) is 3.62. The van der Waals surface area contributed by atoms with Crippen molar-refractivity contribution in [3.05, 3.63) is 28.8 Å². The van der Waals surface area contributed by atoms with E-state index in [1.807, 2.05) is 20.8 Å². The molecule has 0 amide bonds. The SMILES string of the molecule is CC(N[S@+]([O-])C(C)(C)C)c1ccc(OC(F)(F)F)c(Cl)c1. The molecule has 3 nitrogen and oxygen atoms in total. The zero-order valence-electron chi connectivity index (χ0n) is 12.0. The summed E-state index contributed by atoms with van der Waals surface area (Å²) < 4.78 is 54.7. The van der Waals surface area contributed by atoms with Gasteiger partial charge in [-0.3, -0.25) is 0 Å². The van der Waals surface area contributed by atoms with E-state index in [4.69, 9.17) is 11.6 Å². The number of alkyl halides is 3. The summed E-state index contributed by atoms with van der Waals surface area (Å²) in [6.07, 6.45) is -4.79. The molecule has 0 saturated carbocycles. The zero-order valence-corrected chi connectivity index (χ0v) is 13.6. The first-order chi connectivity index (χ1) is 9.40. The second-order valence-electron chi connectivity index (χ2n) is 5.46. The lowest BCUT2D eigenvalue weighted by Gasteiger charge is -2.26. The van der Waals surface area contributed by atoms with Gasteiger partial charge in [0.15, 0.2) is 0 Å². The van der Waals surface area contributed by atoms with Crippen LogP contribution in [0.3, 0.4) is 0 Å². The molecule has 2 atom stereocenters. The molecule has 0 aliphatic rings. The molecule has 1 aromatic carbocycles. The first-order valence-corrected chi connectivity index (χ1v) is 7.66. The van der Waals surface area contributed by atoms with E-state index in [-0.39, 0.29) is 11.1 Å². The molecule has 1 rings (SSSR count). The molecule has 0 aliphatic carbocycles. The van der Waals surface area contributed by atoms with Crippen LogP contribution in [0.2, 0.25) is 5.02 Å². The molecule has 1 aromatic rings. The summed E-state index contributed by atoms with van der Waals surface area (Å²) in [5, 5.41) is -0.153. The van der Waals surface area contributed by atoms with Crippen LogP contribution in [-0.2, 0) is 11.4 Å². The third kappa shape index (κ3) is 5.94. The van der Waals surface area contributed by atoms with Gasteiger partial charge in [0.05, 0.1) is 11.1 Å². The Morgan fingerprint density at radius 1 is 1.29 bits per heavy atom. The molecule has 8 heteroatoms. The zero-order chi connectivity index (χ0) is 16.4. The molecule has 1 unspecified atom stereocenters. The van der Waals surface area contributed by atoms with Gasteiger partial charge in [0.1, 0.15) is 10.5 Å². The number of benzene rings is 1. The molecule has 0 bridgehead atoms. The summed E-state index contributed by atoms with van der Waals surface area (Å²) in [6.45, 7) is 7.20.